The average Bonchev–Trinajstić information content (AvgIpc) is 2.98. The van der Waals surface area contributed by atoms with Crippen molar-refractivity contribution in [2.75, 3.05) is 7.05 Å². The van der Waals surface area contributed by atoms with Gasteiger partial charge in [0.2, 0.25) is 0 Å². The van der Waals surface area contributed by atoms with Gasteiger partial charge in [0.05, 0.1) is 17.3 Å². The molecule has 3 atom stereocenters. The van der Waals surface area contributed by atoms with Crippen molar-refractivity contribution in [1.29, 1.82) is 0 Å². The van der Waals surface area contributed by atoms with E-state index in [1.807, 2.05) is 6.20 Å². The summed E-state index contributed by atoms with van der Waals surface area (Å²) in [7, 11) is 1.77. The highest BCUT2D eigenvalue weighted by Gasteiger charge is 2.63. The van der Waals surface area contributed by atoms with E-state index in [2.05, 4.69) is 32.9 Å². The number of amides is 1. The average molecular weight is 301 g/mol. The van der Waals surface area contributed by atoms with E-state index in [-0.39, 0.29) is 16.7 Å². The molecule has 0 bridgehead atoms. The van der Waals surface area contributed by atoms with Gasteiger partial charge in [0.1, 0.15) is 5.76 Å². The number of hydrazone groups is 1. The maximum absolute atomic E-state index is 12.6. The summed E-state index contributed by atoms with van der Waals surface area (Å²) < 4.78 is 5.58. The molecule has 4 rings (SSSR count). The van der Waals surface area contributed by atoms with E-state index in [0.29, 0.717) is 5.92 Å². The third kappa shape index (κ3) is 1.38. The molecule has 1 aromatic rings. The van der Waals surface area contributed by atoms with E-state index < -0.39 is 5.41 Å². The van der Waals surface area contributed by atoms with Crippen LogP contribution in [0.4, 0.5) is 0 Å². The monoisotopic (exact) mass is 301 g/mol. The summed E-state index contributed by atoms with van der Waals surface area (Å²) in [5.74, 6) is 1.56. The molecule has 5 heteroatoms. The fourth-order valence-corrected chi connectivity index (χ4v) is 5.49. The maximum Gasteiger partial charge on any atom is 0.254 e. The van der Waals surface area contributed by atoms with Crippen LogP contribution in [0.5, 0.6) is 0 Å². The van der Waals surface area contributed by atoms with Crippen LogP contribution in [-0.4, -0.2) is 28.8 Å². The first-order valence-corrected chi connectivity index (χ1v) is 8.03. The van der Waals surface area contributed by atoms with Crippen molar-refractivity contribution in [3.63, 3.8) is 0 Å². The molecule has 0 spiro atoms. The Kier molecular flexibility index (Phi) is 2.42. The van der Waals surface area contributed by atoms with Crippen LogP contribution in [0.15, 0.2) is 15.8 Å². The van der Waals surface area contributed by atoms with Crippen LogP contribution < -0.4 is 0 Å². The van der Waals surface area contributed by atoms with Crippen molar-refractivity contribution in [3.8, 4) is 0 Å². The quantitative estimate of drug-likeness (QED) is 0.740. The normalized spacial score (nSPS) is 39.1. The second-order valence-corrected chi connectivity index (χ2v) is 8.20. The number of carbonyl (C=O) groups is 1. The Hall–Kier alpha value is -1.65. The predicted molar refractivity (Wildman–Crippen MR) is 82.4 cm³/mol. The Labute approximate surface area is 130 Å². The molecular formula is C17H23N3O2. The van der Waals surface area contributed by atoms with Crippen molar-refractivity contribution >= 4 is 11.6 Å². The molecule has 0 aromatic carbocycles. The molecule has 0 N–H and O–H groups in total. The maximum atomic E-state index is 12.6. The number of hydrogen-bond acceptors (Lipinski definition) is 4. The van der Waals surface area contributed by atoms with Crippen LogP contribution in [0.1, 0.15) is 51.9 Å². The standard InChI is InChI=1S/C17H23N3O2/c1-15(2)11-6-7-16(3)13(19-20(5)14(16)21)17(11,4)8-10-9-18-22-12(10)15/h9,11H,6-8H2,1-5H3/t11-,16?,17-/m0/s1. The first-order chi connectivity index (χ1) is 10.2. The summed E-state index contributed by atoms with van der Waals surface area (Å²) >= 11 is 0. The molecule has 1 saturated carbocycles. The fourth-order valence-electron chi connectivity index (χ4n) is 5.49. The van der Waals surface area contributed by atoms with E-state index in [1.165, 1.54) is 0 Å². The van der Waals surface area contributed by atoms with Gasteiger partial charge in [-0.2, -0.15) is 5.10 Å². The van der Waals surface area contributed by atoms with Gasteiger partial charge in [0.25, 0.3) is 5.91 Å². The second-order valence-electron chi connectivity index (χ2n) is 8.20. The lowest BCUT2D eigenvalue weighted by atomic mass is 9.47. The molecule has 22 heavy (non-hydrogen) atoms. The largest absolute Gasteiger partial charge is 0.361 e. The topological polar surface area (TPSA) is 58.7 Å². The lowest BCUT2D eigenvalue weighted by molar-refractivity contribution is -0.135. The van der Waals surface area contributed by atoms with Gasteiger partial charge in [-0.1, -0.05) is 25.9 Å². The minimum absolute atomic E-state index is 0.0904. The van der Waals surface area contributed by atoms with Gasteiger partial charge >= 0.3 is 0 Å². The molecule has 1 fully saturated rings. The Morgan fingerprint density at radius 3 is 2.77 bits per heavy atom. The van der Waals surface area contributed by atoms with Gasteiger partial charge in [-0.05, 0) is 32.1 Å². The lowest BCUT2D eigenvalue weighted by Crippen LogP contribution is -2.58. The summed E-state index contributed by atoms with van der Waals surface area (Å²) in [6, 6.07) is 0. The minimum atomic E-state index is -0.440. The molecule has 1 unspecified atom stereocenters. The highest BCUT2D eigenvalue weighted by atomic mass is 16.5. The van der Waals surface area contributed by atoms with Crippen molar-refractivity contribution < 1.29 is 9.32 Å². The summed E-state index contributed by atoms with van der Waals surface area (Å²) in [5.41, 5.74) is 1.58. The van der Waals surface area contributed by atoms with Crippen LogP contribution >= 0.6 is 0 Å². The van der Waals surface area contributed by atoms with Crippen LogP contribution in [0.25, 0.3) is 0 Å². The van der Waals surface area contributed by atoms with Gasteiger partial charge in [-0.25, -0.2) is 5.01 Å². The third-order valence-corrected chi connectivity index (χ3v) is 6.44. The first-order valence-electron chi connectivity index (χ1n) is 8.03. The SMILES string of the molecule is CN1N=C2C(C)(CC[C@H]3C(C)(C)c4oncc4C[C@]23C)C1=O. The Morgan fingerprint density at radius 1 is 1.32 bits per heavy atom. The molecule has 2 aliphatic carbocycles. The van der Waals surface area contributed by atoms with Crippen molar-refractivity contribution in [3.05, 3.63) is 17.5 Å². The second kappa shape index (κ2) is 3.81. The minimum Gasteiger partial charge on any atom is -0.361 e. The van der Waals surface area contributed by atoms with E-state index >= 15 is 0 Å². The molecular weight excluding hydrogens is 278 g/mol. The summed E-state index contributed by atoms with van der Waals surface area (Å²) in [5, 5.41) is 10.3. The van der Waals surface area contributed by atoms with Gasteiger partial charge in [-0.15, -0.1) is 0 Å². The zero-order valence-electron chi connectivity index (χ0n) is 13.9. The summed E-state index contributed by atoms with van der Waals surface area (Å²) in [6.07, 6.45) is 4.57. The Morgan fingerprint density at radius 2 is 2.05 bits per heavy atom. The number of hydrogen-bond donors (Lipinski definition) is 0. The zero-order chi connectivity index (χ0) is 15.9. The number of nitrogens with zero attached hydrogens (tertiary/aromatic N) is 3. The smallest absolute Gasteiger partial charge is 0.254 e. The first kappa shape index (κ1) is 14.0. The number of carbonyl (C=O) groups excluding carboxylic acids is 1. The van der Waals surface area contributed by atoms with E-state index in [1.54, 1.807) is 12.1 Å². The summed E-state index contributed by atoms with van der Waals surface area (Å²) in [4.78, 5) is 12.6. The van der Waals surface area contributed by atoms with E-state index in [9.17, 15) is 4.79 Å². The predicted octanol–water partition coefficient (Wildman–Crippen LogP) is 2.76. The van der Waals surface area contributed by atoms with Gasteiger partial charge in [0.15, 0.2) is 0 Å². The van der Waals surface area contributed by atoms with Crippen LogP contribution in [-0.2, 0) is 16.6 Å². The molecule has 1 amide bonds. The number of fused-ring (bicyclic) bond motifs is 4. The van der Waals surface area contributed by atoms with E-state index in [4.69, 9.17) is 9.62 Å². The van der Waals surface area contributed by atoms with E-state index in [0.717, 1.165) is 36.3 Å². The highest BCUT2D eigenvalue weighted by molar-refractivity contribution is 6.14. The molecule has 118 valence electrons. The van der Waals surface area contributed by atoms with Crippen LogP contribution in [0.2, 0.25) is 0 Å². The molecule has 2 heterocycles. The number of aromatic nitrogens is 1. The lowest BCUT2D eigenvalue weighted by Gasteiger charge is -2.54. The Bertz CT molecular complexity index is 705. The Balaban J connectivity index is 1.91. The van der Waals surface area contributed by atoms with Crippen molar-refractivity contribution in [2.24, 2.45) is 21.8 Å². The van der Waals surface area contributed by atoms with Gasteiger partial charge < -0.3 is 4.52 Å². The van der Waals surface area contributed by atoms with Crippen molar-refractivity contribution in [2.45, 2.75) is 52.4 Å². The molecule has 5 nitrogen and oxygen atoms in total. The van der Waals surface area contributed by atoms with Crippen molar-refractivity contribution in [1.82, 2.24) is 10.2 Å². The number of rotatable bonds is 0. The summed E-state index contributed by atoms with van der Waals surface area (Å²) in [6.45, 7) is 8.82. The fraction of sp³-hybridized carbons (Fsp3) is 0.706. The van der Waals surface area contributed by atoms with Crippen LogP contribution in [0, 0.1) is 16.7 Å². The van der Waals surface area contributed by atoms with Crippen LogP contribution in [0.3, 0.4) is 0 Å². The third-order valence-electron chi connectivity index (χ3n) is 6.44. The molecule has 3 aliphatic rings. The van der Waals surface area contributed by atoms with Gasteiger partial charge in [-0.3, -0.25) is 4.79 Å². The zero-order valence-corrected chi connectivity index (χ0v) is 13.9. The molecule has 1 aliphatic heterocycles. The molecule has 1 aromatic heterocycles. The van der Waals surface area contributed by atoms with Gasteiger partial charge in [0, 0.05) is 23.4 Å². The molecule has 0 radical (unpaired) electrons. The highest BCUT2D eigenvalue weighted by Crippen LogP contribution is 2.60. The molecule has 0 saturated heterocycles.